The summed E-state index contributed by atoms with van der Waals surface area (Å²) < 4.78 is 8.70. The molecule has 0 amide bonds. The van der Waals surface area contributed by atoms with Gasteiger partial charge in [0.15, 0.2) is 17.0 Å². The number of nitrogens with zero attached hydrogens (tertiary/aromatic N) is 6. The number of benzene rings is 1. The fourth-order valence-electron chi connectivity index (χ4n) is 4.84. The largest absolute Gasteiger partial charge is 0.356 e. The summed E-state index contributed by atoms with van der Waals surface area (Å²) in [4.78, 5) is 26.3. The van der Waals surface area contributed by atoms with Crippen molar-refractivity contribution in [2.75, 3.05) is 11.9 Å². The van der Waals surface area contributed by atoms with Crippen molar-refractivity contribution in [3.05, 3.63) is 70.4 Å². The van der Waals surface area contributed by atoms with E-state index in [0.717, 1.165) is 12.2 Å². The first kappa shape index (κ1) is 19.0. The summed E-state index contributed by atoms with van der Waals surface area (Å²) in [6.45, 7) is 2.87. The Morgan fingerprint density at radius 2 is 2.06 bits per heavy atom. The van der Waals surface area contributed by atoms with Crippen LogP contribution in [0, 0.1) is 11.8 Å². The van der Waals surface area contributed by atoms with Crippen LogP contribution in [0.25, 0.3) is 16.7 Å². The van der Waals surface area contributed by atoms with Crippen LogP contribution in [0.1, 0.15) is 36.5 Å². The van der Waals surface area contributed by atoms with Gasteiger partial charge in [-0.2, -0.15) is 9.97 Å². The van der Waals surface area contributed by atoms with Crippen LogP contribution >= 0.6 is 0 Å². The van der Waals surface area contributed by atoms with E-state index in [-0.39, 0.29) is 12.1 Å². The molecule has 1 fully saturated rings. The molecule has 2 aliphatic rings. The van der Waals surface area contributed by atoms with E-state index < -0.39 is 0 Å². The van der Waals surface area contributed by atoms with E-state index in [1.807, 2.05) is 13.0 Å². The molecule has 6 rings (SSSR count). The molecule has 3 atom stereocenters. The molecule has 1 saturated carbocycles. The number of imidazole rings is 1. The highest BCUT2D eigenvalue weighted by Gasteiger charge is 2.55. The topological polar surface area (TPSA) is 104 Å². The second-order valence-corrected chi connectivity index (χ2v) is 8.45. The fourth-order valence-corrected chi connectivity index (χ4v) is 4.84. The zero-order valence-electron chi connectivity index (χ0n) is 17.9. The summed E-state index contributed by atoms with van der Waals surface area (Å²) in [5, 5.41) is 7.35. The highest BCUT2D eigenvalue weighted by Crippen LogP contribution is 2.62. The minimum absolute atomic E-state index is 0.184. The van der Waals surface area contributed by atoms with Crippen molar-refractivity contribution in [3.63, 3.8) is 0 Å². The summed E-state index contributed by atoms with van der Waals surface area (Å²) in [6, 6.07) is 10.5. The lowest BCUT2D eigenvalue weighted by atomic mass is 10.0. The zero-order valence-corrected chi connectivity index (χ0v) is 17.9. The lowest BCUT2D eigenvalue weighted by Gasteiger charge is -2.05. The number of anilines is 1. The molecule has 1 N–H and O–H groups in total. The van der Waals surface area contributed by atoms with Gasteiger partial charge in [0.05, 0.1) is 0 Å². The molecule has 32 heavy (non-hydrogen) atoms. The van der Waals surface area contributed by atoms with Crippen molar-refractivity contribution in [3.8, 4) is 0 Å². The third kappa shape index (κ3) is 2.96. The van der Waals surface area contributed by atoms with Crippen LogP contribution in [0.5, 0.6) is 0 Å². The summed E-state index contributed by atoms with van der Waals surface area (Å²) in [5.41, 5.74) is 3.37. The van der Waals surface area contributed by atoms with Gasteiger partial charge < -0.3 is 14.4 Å². The summed E-state index contributed by atoms with van der Waals surface area (Å²) >= 11 is 0. The summed E-state index contributed by atoms with van der Waals surface area (Å²) in [6.07, 6.45) is 4.88. The molecule has 0 radical (unpaired) electrons. The Balaban J connectivity index is 1.21. The van der Waals surface area contributed by atoms with Crippen molar-refractivity contribution in [1.29, 1.82) is 0 Å². The van der Waals surface area contributed by atoms with Crippen LogP contribution in [0.2, 0.25) is 0 Å². The van der Waals surface area contributed by atoms with Gasteiger partial charge >= 0.3 is 0 Å². The third-order valence-corrected chi connectivity index (χ3v) is 6.51. The molecule has 9 nitrogen and oxygen atoms in total. The van der Waals surface area contributed by atoms with Gasteiger partial charge in [-0.1, -0.05) is 41.6 Å². The van der Waals surface area contributed by atoms with Crippen LogP contribution < -0.4 is 10.9 Å². The molecular formula is C23H23N7O2. The molecule has 0 aliphatic heterocycles. The molecular weight excluding hydrogens is 406 g/mol. The number of rotatable bonds is 6. The van der Waals surface area contributed by atoms with Gasteiger partial charge in [0.25, 0.3) is 5.56 Å². The first-order valence-corrected chi connectivity index (χ1v) is 10.9. The standard InChI is InChI=1S/C23H23N7O2/c1-3-24-23-27-21-19(29(23)2)22(31)30(12-25-21)11-17-26-20(28-32-17)18-15-9-14(10-16(15)18)13-7-5-4-6-8-13/h4-9,12,15-16,18H,3,10-11H2,1-2H3,(H,24,27). The maximum absolute atomic E-state index is 13.0. The minimum Gasteiger partial charge on any atom is -0.356 e. The van der Waals surface area contributed by atoms with E-state index in [2.05, 4.69) is 55.8 Å². The Kier molecular flexibility index (Phi) is 4.24. The first-order valence-electron chi connectivity index (χ1n) is 10.9. The zero-order chi connectivity index (χ0) is 21.8. The highest BCUT2D eigenvalue weighted by molar-refractivity contribution is 5.73. The van der Waals surface area contributed by atoms with Gasteiger partial charge in [0, 0.05) is 19.5 Å². The maximum Gasteiger partial charge on any atom is 0.280 e. The van der Waals surface area contributed by atoms with E-state index in [4.69, 9.17) is 4.52 Å². The number of allylic oxidation sites excluding steroid dienone is 2. The lowest BCUT2D eigenvalue weighted by molar-refractivity contribution is 0.364. The molecule has 3 unspecified atom stereocenters. The SMILES string of the molecule is CCNc1nc2ncn(Cc3nc(C4C5C=C(c6ccccc6)CC54)no3)c(=O)c2n1C. The number of aromatic nitrogens is 6. The number of nitrogens with one attached hydrogen (secondary N) is 1. The molecule has 0 saturated heterocycles. The molecule has 2 aliphatic carbocycles. The second-order valence-electron chi connectivity index (χ2n) is 8.45. The van der Waals surface area contributed by atoms with Gasteiger partial charge in [-0.3, -0.25) is 9.36 Å². The highest BCUT2D eigenvalue weighted by atomic mass is 16.5. The molecule has 0 bridgehead atoms. The van der Waals surface area contributed by atoms with Crippen LogP contribution in [-0.2, 0) is 13.6 Å². The summed E-state index contributed by atoms with van der Waals surface area (Å²) in [5.74, 6) is 3.07. The molecule has 9 heteroatoms. The van der Waals surface area contributed by atoms with Gasteiger partial charge in [0.1, 0.15) is 12.9 Å². The quantitative estimate of drug-likeness (QED) is 0.503. The predicted molar refractivity (Wildman–Crippen MR) is 119 cm³/mol. The van der Waals surface area contributed by atoms with E-state index in [1.165, 1.54) is 22.0 Å². The van der Waals surface area contributed by atoms with Gasteiger partial charge in [-0.05, 0) is 36.3 Å². The molecule has 162 valence electrons. The normalized spacial score (nSPS) is 21.6. The number of hydrogen-bond donors (Lipinski definition) is 1. The van der Waals surface area contributed by atoms with Crippen molar-refractivity contribution in [2.24, 2.45) is 18.9 Å². The van der Waals surface area contributed by atoms with Crippen molar-refractivity contribution < 1.29 is 4.52 Å². The Bertz CT molecular complexity index is 1400. The van der Waals surface area contributed by atoms with E-state index in [1.54, 1.807) is 11.6 Å². The van der Waals surface area contributed by atoms with Crippen LogP contribution in [0.15, 0.2) is 52.1 Å². The Hall–Kier alpha value is -3.75. The first-order chi connectivity index (χ1) is 15.6. The Morgan fingerprint density at radius 3 is 2.81 bits per heavy atom. The van der Waals surface area contributed by atoms with Crippen LogP contribution in [0.3, 0.4) is 0 Å². The second kappa shape index (κ2) is 7.15. The average Bonchev–Trinajstić information content (AvgIpc) is 3.17. The number of aryl methyl sites for hydroxylation is 1. The molecule has 4 aromatic rings. The van der Waals surface area contributed by atoms with Crippen molar-refractivity contribution >= 4 is 22.7 Å². The summed E-state index contributed by atoms with van der Waals surface area (Å²) in [7, 11) is 1.80. The Labute approximate surface area is 183 Å². The molecule has 1 aromatic carbocycles. The molecule has 3 aromatic heterocycles. The average molecular weight is 429 g/mol. The lowest BCUT2D eigenvalue weighted by Crippen LogP contribution is -2.23. The smallest absolute Gasteiger partial charge is 0.280 e. The predicted octanol–water partition coefficient (Wildman–Crippen LogP) is 2.81. The van der Waals surface area contributed by atoms with Gasteiger partial charge in [-0.15, -0.1) is 0 Å². The Morgan fingerprint density at radius 1 is 1.22 bits per heavy atom. The number of hydrogen-bond acceptors (Lipinski definition) is 7. The third-order valence-electron chi connectivity index (χ3n) is 6.51. The monoisotopic (exact) mass is 429 g/mol. The maximum atomic E-state index is 13.0. The van der Waals surface area contributed by atoms with E-state index >= 15 is 0 Å². The van der Waals surface area contributed by atoms with Crippen molar-refractivity contribution in [2.45, 2.75) is 25.8 Å². The minimum atomic E-state index is -0.187. The molecule has 0 spiro atoms. The molecule has 3 heterocycles. The van der Waals surface area contributed by atoms with Crippen LogP contribution in [-0.4, -0.2) is 35.8 Å². The fraction of sp³-hybridized carbons (Fsp3) is 0.348. The van der Waals surface area contributed by atoms with E-state index in [0.29, 0.717) is 47.3 Å². The van der Waals surface area contributed by atoms with Gasteiger partial charge in [-0.25, -0.2) is 4.98 Å². The van der Waals surface area contributed by atoms with Crippen LogP contribution in [0.4, 0.5) is 5.95 Å². The van der Waals surface area contributed by atoms with Crippen molar-refractivity contribution in [1.82, 2.24) is 29.2 Å². The number of fused-ring (bicyclic) bond motifs is 2. The van der Waals surface area contributed by atoms with Gasteiger partial charge in [0.2, 0.25) is 11.8 Å². The van der Waals surface area contributed by atoms with E-state index in [9.17, 15) is 4.79 Å².